The SMILES string of the molecule is COc1cccc(OC)c1C(=O)Oc1ccc(C(=O)/C=C/c2ccc(C)cc2)cc1. The normalized spacial score (nSPS) is 10.6. The molecule has 0 heterocycles. The standard InChI is InChI=1S/C25H22O5/c1-17-7-9-18(10-8-17)11-16-21(26)19-12-14-20(15-13-19)30-25(27)24-22(28-2)5-4-6-23(24)29-3/h4-16H,1-3H3/b16-11+. The van der Waals surface area contributed by atoms with Gasteiger partial charge in [0.1, 0.15) is 22.8 Å². The van der Waals surface area contributed by atoms with Gasteiger partial charge in [-0.05, 0) is 55.0 Å². The van der Waals surface area contributed by atoms with Gasteiger partial charge in [-0.3, -0.25) is 4.79 Å². The van der Waals surface area contributed by atoms with Crippen molar-refractivity contribution in [2.24, 2.45) is 0 Å². The number of rotatable bonds is 7. The molecule has 0 spiro atoms. The van der Waals surface area contributed by atoms with E-state index in [1.54, 1.807) is 48.5 Å². The Kier molecular flexibility index (Phi) is 6.65. The van der Waals surface area contributed by atoms with E-state index in [1.807, 2.05) is 31.2 Å². The zero-order valence-electron chi connectivity index (χ0n) is 17.0. The van der Waals surface area contributed by atoms with Crippen molar-refractivity contribution in [3.63, 3.8) is 0 Å². The van der Waals surface area contributed by atoms with Crippen molar-refractivity contribution in [1.82, 2.24) is 0 Å². The lowest BCUT2D eigenvalue weighted by molar-refractivity contribution is 0.0727. The van der Waals surface area contributed by atoms with Crippen LogP contribution >= 0.6 is 0 Å². The van der Waals surface area contributed by atoms with E-state index < -0.39 is 5.97 Å². The lowest BCUT2D eigenvalue weighted by Gasteiger charge is -2.12. The van der Waals surface area contributed by atoms with Crippen LogP contribution in [0.4, 0.5) is 0 Å². The highest BCUT2D eigenvalue weighted by Gasteiger charge is 2.20. The Hall–Kier alpha value is -3.86. The summed E-state index contributed by atoms with van der Waals surface area (Å²) in [6.45, 7) is 2.01. The number of ketones is 1. The molecule has 0 radical (unpaired) electrons. The van der Waals surface area contributed by atoms with Crippen LogP contribution < -0.4 is 14.2 Å². The van der Waals surface area contributed by atoms with Crippen LogP contribution in [0, 0.1) is 6.92 Å². The maximum absolute atomic E-state index is 12.6. The molecule has 0 aliphatic carbocycles. The first-order valence-corrected chi connectivity index (χ1v) is 9.34. The molecule has 0 fully saturated rings. The summed E-state index contributed by atoms with van der Waals surface area (Å²) in [6, 6.07) is 19.3. The molecule has 0 saturated carbocycles. The molecule has 0 unspecified atom stereocenters. The molecule has 0 aliphatic rings. The fourth-order valence-corrected chi connectivity index (χ4v) is 2.84. The quantitative estimate of drug-likeness (QED) is 0.237. The smallest absolute Gasteiger partial charge is 0.351 e. The van der Waals surface area contributed by atoms with E-state index in [1.165, 1.54) is 20.3 Å². The predicted molar refractivity (Wildman–Crippen MR) is 115 cm³/mol. The van der Waals surface area contributed by atoms with E-state index in [9.17, 15) is 9.59 Å². The van der Waals surface area contributed by atoms with Crippen LogP contribution in [0.15, 0.2) is 72.8 Å². The van der Waals surface area contributed by atoms with Crippen molar-refractivity contribution in [3.8, 4) is 17.2 Å². The Morgan fingerprint density at radius 3 is 1.97 bits per heavy atom. The fraction of sp³-hybridized carbons (Fsp3) is 0.120. The minimum absolute atomic E-state index is 0.139. The van der Waals surface area contributed by atoms with Crippen LogP contribution in [0.1, 0.15) is 31.8 Å². The molecule has 3 aromatic carbocycles. The number of methoxy groups -OCH3 is 2. The Bertz CT molecular complexity index is 1040. The monoisotopic (exact) mass is 402 g/mol. The third-order valence-electron chi connectivity index (χ3n) is 4.49. The second-order valence-corrected chi connectivity index (χ2v) is 6.56. The lowest BCUT2D eigenvalue weighted by Crippen LogP contribution is -2.12. The van der Waals surface area contributed by atoms with Gasteiger partial charge >= 0.3 is 5.97 Å². The molecule has 0 amide bonds. The third kappa shape index (κ3) is 4.94. The topological polar surface area (TPSA) is 61.8 Å². The molecule has 5 nitrogen and oxygen atoms in total. The number of esters is 1. The molecule has 3 aromatic rings. The van der Waals surface area contributed by atoms with E-state index in [0.717, 1.165) is 11.1 Å². The minimum atomic E-state index is -0.609. The highest BCUT2D eigenvalue weighted by molar-refractivity contribution is 6.07. The molecule has 30 heavy (non-hydrogen) atoms. The van der Waals surface area contributed by atoms with Gasteiger partial charge in [0.2, 0.25) is 0 Å². The predicted octanol–water partition coefficient (Wildman–Crippen LogP) is 5.13. The zero-order valence-corrected chi connectivity index (χ0v) is 17.0. The van der Waals surface area contributed by atoms with Gasteiger partial charge in [-0.15, -0.1) is 0 Å². The van der Waals surface area contributed by atoms with Crippen LogP contribution in [0.2, 0.25) is 0 Å². The second-order valence-electron chi connectivity index (χ2n) is 6.56. The molecule has 0 aliphatic heterocycles. The van der Waals surface area contributed by atoms with Crippen molar-refractivity contribution >= 4 is 17.8 Å². The van der Waals surface area contributed by atoms with E-state index in [0.29, 0.717) is 22.8 Å². The second kappa shape index (κ2) is 9.56. The average molecular weight is 402 g/mol. The van der Waals surface area contributed by atoms with E-state index in [2.05, 4.69) is 0 Å². The number of hydrogen-bond donors (Lipinski definition) is 0. The number of carbonyl (C=O) groups is 2. The number of benzene rings is 3. The van der Waals surface area contributed by atoms with Crippen LogP contribution in [0.3, 0.4) is 0 Å². The van der Waals surface area contributed by atoms with Crippen LogP contribution in [-0.2, 0) is 0 Å². The number of allylic oxidation sites excluding steroid dienone is 1. The molecule has 0 N–H and O–H groups in total. The number of hydrogen-bond acceptors (Lipinski definition) is 5. The summed E-state index contributed by atoms with van der Waals surface area (Å²) in [5, 5.41) is 0. The summed E-state index contributed by atoms with van der Waals surface area (Å²) in [7, 11) is 2.94. The number of ether oxygens (including phenoxy) is 3. The molecular weight excluding hydrogens is 380 g/mol. The molecule has 152 valence electrons. The highest BCUT2D eigenvalue weighted by atomic mass is 16.5. The lowest BCUT2D eigenvalue weighted by atomic mass is 10.1. The Morgan fingerprint density at radius 2 is 1.40 bits per heavy atom. The summed E-state index contributed by atoms with van der Waals surface area (Å²) in [5.41, 5.74) is 2.80. The molecule has 0 saturated heterocycles. The van der Waals surface area contributed by atoms with Crippen molar-refractivity contribution in [2.75, 3.05) is 14.2 Å². The zero-order chi connectivity index (χ0) is 21.5. The Morgan fingerprint density at radius 1 is 0.800 bits per heavy atom. The van der Waals surface area contributed by atoms with E-state index >= 15 is 0 Å². The van der Waals surface area contributed by atoms with Crippen LogP contribution in [0.25, 0.3) is 6.08 Å². The van der Waals surface area contributed by atoms with Crippen molar-refractivity contribution < 1.29 is 23.8 Å². The Balaban J connectivity index is 1.71. The molecule has 0 bridgehead atoms. The first kappa shape index (κ1) is 20.9. The first-order valence-electron chi connectivity index (χ1n) is 9.34. The highest BCUT2D eigenvalue weighted by Crippen LogP contribution is 2.29. The largest absolute Gasteiger partial charge is 0.496 e. The maximum Gasteiger partial charge on any atom is 0.351 e. The summed E-state index contributed by atoms with van der Waals surface area (Å²) >= 11 is 0. The van der Waals surface area contributed by atoms with Gasteiger partial charge in [0, 0.05) is 5.56 Å². The first-order chi connectivity index (χ1) is 14.5. The summed E-state index contributed by atoms with van der Waals surface area (Å²) < 4.78 is 15.9. The molecular formula is C25H22O5. The van der Waals surface area contributed by atoms with Crippen LogP contribution in [0.5, 0.6) is 17.2 Å². The number of aryl methyl sites for hydroxylation is 1. The maximum atomic E-state index is 12.6. The summed E-state index contributed by atoms with van der Waals surface area (Å²) in [6.07, 6.45) is 3.29. The van der Waals surface area contributed by atoms with Crippen molar-refractivity contribution in [1.29, 1.82) is 0 Å². The van der Waals surface area contributed by atoms with Gasteiger partial charge in [-0.1, -0.05) is 42.0 Å². The number of carbonyl (C=O) groups excluding carboxylic acids is 2. The fourth-order valence-electron chi connectivity index (χ4n) is 2.84. The molecule has 0 aromatic heterocycles. The van der Waals surface area contributed by atoms with Gasteiger partial charge in [0.05, 0.1) is 14.2 Å². The van der Waals surface area contributed by atoms with Gasteiger partial charge in [0.25, 0.3) is 0 Å². The van der Waals surface area contributed by atoms with Crippen molar-refractivity contribution in [2.45, 2.75) is 6.92 Å². The van der Waals surface area contributed by atoms with E-state index in [4.69, 9.17) is 14.2 Å². The minimum Gasteiger partial charge on any atom is -0.496 e. The Labute approximate surface area is 175 Å². The van der Waals surface area contributed by atoms with Gasteiger partial charge in [-0.25, -0.2) is 4.79 Å². The molecule has 3 rings (SSSR count). The third-order valence-corrected chi connectivity index (χ3v) is 4.49. The summed E-state index contributed by atoms with van der Waals surface area (Å²) in [5.74, 6) is 0.272. The summed E-state index contributed by atoms with van der Waals surface area (Å²) in [4.78, 5) is 25.0. The van der Waals surface area contributed by atoms with Gasteiger partial charge < -0.3 is 14.2 Å². The van der Waals surface area contributed by atoms with Gasteiger partial charge in [0.15, 0.2) is 5.78 Å². The van der Waals surface area contributed by atoms with Crippen molar-refractivity contribution in [3.05, 3.63) is 95.1 Å². The van der Waals surface area contributed by atoms with Crippen LogP contribution in [-0.4, -0.2) is 26.0 Å². The molecule has 5 heteroatoms. The average Bonchev–Trinajstić information content (AvgIpc) is 2.78. The molecule has 0 atom stereocenters. The van der Waals surface area contributed by atoms with Gasteiger partial charge in [-0.2, -0.15) is 0 Å². The van der Waals surface area contributed by atoms with E-state index in [-0.39, 0.29) is 11.3 Å².